The fraction of sp³-hybridized carbons (Fsp3) is 0.318. The molecule has 0 bridgehead atoms. The summed E-state index contributed by atoms with van der Waals surface area (Å²) in [6.07, 6.45) is 1.10. The molecule has 30 heavy (non-hydrogen) atoms. The second-order valence-electron chi connectivity index (χ2n) is 7.20. The number of amides is 1. The Bertz CT molecular complexity index is 1200. The van der Waals surface area contributed by atoms with Gasteiger partial charge in [-0.3, -0.25) is 14.4 Å². The van der Waals surface area contributed by atoms with E-state index in [0.717, 1.165) is 6.07 Å². The van der Waals surface area contributed by atoms with E-state index in [-0.39, 0.29) is 34.8 Å². The number of aromatic hydroxyl groups is 1. The molecule has 1 aliphatic rings. The quantitative estimate of drug-likeness (QED) is 0.700. The zero-order chi connectivity index (χ0) is 21.3. The largest absolute Gasteiger partial charge is 0.502 e. The molecule has 3 heterocycles. The van der Waals surface area contributed by atoms with Gasteiger partial charge in [0.05, 0.1) is 30.8 Å². The van der Waals surface area contributed by atoms with Crippen LogP contribution in [0.5, 0.6) is 5.75 Å². The van der Waals surface area contributed by atoms with Crippen molar-refractivity contribution in [1.29, 1.82) is 0 Å². The number of morpholine rings is 1. The molecule has 0 spiro atoms. The minimum Gasteiger partial charge on any atom is -0.502 e. The topological polar surface area (TPSA) is 110 Å². The van der Waals surface area contributed by atoms with Gasteiger partial charge in [-0.1, -0.05) is 12.1 Å². The first kappa shape index (κ1) is 19.9. The lowest BCUT2D eigenvalue weighted by atomic mass is 9.91. The maximum Gasteiger partial charge on any atom is 0.227 e. The summed E-state index contributed by atoms with van der Waals surface area (Å²) >= 11 is 0. The van der Waals surface area contributed by atoms with Crippen LogP contribution in [-0.2, 0) is 9.53 Å². The lowest BCUT2D eigenvalue weighted by molar-refractivity contribution is -0.135. The van der Waals surface area contributed by atoms with E-state index in [4.69, 9.17) is 13.6 Å². The minimum atomic E-state index is -0.978. The van der Waals surface area contributed by atoms with Gasteiger partial charge in [0.2, 0.25) is 17.1 Å². The number of hydrogen-bond donors (Lipinski definition) is 1. The molecule has 1 aromatic carbocycles. The minimum absolute atomic E-state index is 0.121. The average molecular weight is 411 g/mol. The Hall–Kier alpha value is -3.39. The van der Waals surface area contributed by atoms with Crippen LogP contribution < -0.4 is 10.9 Å². The number of para-hydroxylation sites is 1. The molecule has 4 rings (SSSR count). The van der Waals surface area contributed by atoms with Crippen LogP contribution in [0.2, 0.25) is 0 Å². The number of benzene rings is 1. The summed E-state index contributed by atoms with van der Waals surface area (Å²) in [5.74, 6) is -1.69. The van der Waals surface area contributed by atoms with E-state index in [9.17, 15) is 19.5 Å². The Balaban J connectivity index is 1.84. The lowest BCUT2D eigenvalue weighted by Gasteiger charge is -2.28. The van der Waals surface area contributed by atoms with E-state index in [1.54, 1.807) is 36.1 Å². The SMILES string of the molecule is Cc1cc(=O)c(O)c([C@@H](CC(=O)N2CCOCC2)c2coc3ccccc3c2=O)o1. The van der Waals surface area contributed by atoms with Crippen molar-refractivity contribution in [2.24, 2.45) is 0 Å². The third kappa shape index (κ3) is 3.73. The molecule has 0 unspecified atom stereocenters. The van der Waals surface area contributed by atoms with Gasteiger partial charge in [0.25, 0.3) is 0 Å². The van der Waals surface area contributed by atoms with Gasteiger partial charge in [-0.25, -0.2) is 0 Å². The first-order chi connectivity index (χ1) is 14.5. The Morgan fingerprint density at radius 2 is 1.93 bits per heavy atom. The molecule has 0 aliphatic carbocycles. The molecule has 8 nitrogen and oxygen atoms in total. The van der Waals surface area contributed by atoms with Gasteiger partial charge in [-0.05, 0) is 19.1 Å². The van der Waals surface area contributed by atoms with E-state index >= 15 is 0 Å². The molecule has 1 atom stereocenters. The van der Waals surface area contributed by atoms with Gasteiger partial charge < -0.3 is 23.6 Å². The maximum atomic E-state index is 13.2. The predicted molar refractivity (Wildman–Crippen MR) is 108 cm³/mol. The third-order valence-corrected chi connectivity index (χ3v) is 5.21. The van der Waals surface area contributed by atoms with Gasteiger partial charge in [-0.2, -0.15) is 0 Å². The van der Waals surface area contributed by atoms with Gasteiger partial charge >= 0.3 is 0 Å². The molecule has 1 amide bonds. The lowest BCUT2D eigenvalue weighted by Crippen LogP contribution is -2.41. The molecule has 0 radical (unpaired) electrons. The Morgan fingerprint density at radius 3 is 2.70 bits per heavy atom. The normalized spacial score (nSPS) is 15.3. The summed E-state index contributed by atoms with van der Waals surface area (Å²) in [4.78, 5) is 39.9. The summed E-state index contributed by atoms with van der Waals surface area (Å²) in [7, 11) is 0. The van der Waals surface area contributed by atoms with Crippen molar-refractivity contribution in [3.63, 3.8) is 0 Å². The summed E-state index contributed by atoms with van der Waals surface area (Å²) in [5.41, 5.74) is -0.443. The Morgan fingerprint density at radius 1 is 1.20 bits per heavy atom. The molecule has 1 N–H and O–H groups in total. The Kier molecular flexibility index (Phi) is 5.41. The van der Waals surface area contributed by atoms with E-state index < -0.39 is 17.1 Å². The van der Waals surface area contributed by atoms with Crippen LogP contribution in [-0.4, -0.2) is 42.2 Å². The van der Waals surface area contributed by atoms with Crippen molar-refractivity contribution in [1.82, 2.24) is 4.90 Å². The average Bonchev–Trinajstić information content (AvgIpc) is 2.76. The monoisotopic (exact) mass is 411 g/mol. The number of fused-ring (bicyclic) bond motifs is 1. The summed E-state index contributed by atoms with van der Waals surface area (Å²) < 4.78 is 16.5. The second kappa shape index (κ2) is 8.16. The third-order valence-electron chi connectivity index (χ3n) is 5.21. The number of ether oxygens (including phenoxy) is 1. The van der Waals surface area contributed by atoms with Crippen LogP contribution in [0.25, 0.3) is 11.0 Å². The van der Waals surface area contributed by atoms with Gasteiger partial charge in [-0.15, -0.1) is 0 Å². The second-order valence-corrected chi connectivity index (χ2v) is 7.20. The fourth-order valence-electron chi connectivity index (χ4n) is 3.66. The van der Waals surface area contributed by atoms with Crippen LogP contribution in [0.15, 0.2) is 55.0 Å². The molecule has 1 aliphatic heterocycles. The van der Waals surface area contributed by atoms with Crippen LogP contribution in [0.1, 0.15) is 29.4 Å². The Labute approximate surface area is 171 Å². The first-order valence-corrected chi connectivity index (χ1v) is 9.65. The molecule has 0 saturated carbocycles. The highest BCUT2D eigenvalue weighted by atomic mass is 16.5. The van der Waals surface area contributed by atoms with Gasteiger partial charge in [0.1, 0.15) is 11.3 Å². The molecule has 1 saturated heterocycles. The number of hydrogen-bond acceptors (Lipinski definition) is 7. The van der Waals surface area contributed by atoms with E-state index in [1.807, 2.05) is 0 Å². The van der Waals surface area contributed by atoms with Crippen LogP contribution in [0.3, 0.4) is 0 Å². The summed E-state index contributed by atoms with van der Waals surface area (Å²) in [6, 6.07) is 7.90. The number of rotatable bonds is 4. The van der Waals surface area contributed by atoms with E-state index in [2.05, 4.69) is 0 Å². The van der Waals surface area contributed by atoms with Crippen molar-refractivity contribution in [3.05, 3.63) is 74.1 Å². The molecule has 8 heteroatoms. The van der Waals surface area contributed by atoms with Crippen molar-refractivity contribution in [2.75, 3.05) is 26.3 Å². The summed E-state index contributed by atoms with van der Waals surface area (Å²) in [5, 5.41) is 10.7. The highest BCUT2D eigenvalue weighted by molar-refractivity contribution is 5.79. The molecule has 3 aromatic rings. The van der Waals surface area contributed by atoms with Crippen LogP contribution in [0.4, 0.5) is 0 Å². The summed E-state index contributed by atoms with van der Waals surface area (Å²) in [6.45, 7) is 3.29. The molecular formula is C22H21NO7. The smallest absolute Gasteiger partial charge is 0.227 e. The molecular weight excluding hydrogens is 390 g/mol. The highest BCUT2D eigenvalue weighted by Gasteiger charge is 2.31. The van der Waals surface area contributed by atoms with Gasteiger partial charge in [0.15, 0.2) is 11.2 Å². The maximum absolute atomic E-state index is 13.2. The number of aryl methyl sites for hydroxylation is 1. The highest BCUT2D eigenvalue weighted by Crippen LogP contribution is 2.33. The fourth-order valence-corrected chi connectivity index (χ4v) is 3.66. The molecule has 156 valence electrons. The van der Waals surface area contributed by atoms with E-state index in [1.165, 1.54) is 6.26 Å². The predicted octanol–water partition coefficient (Wildman–Crippen LogP) is 2.14. The zero-order valence-electron chi connectivity index (χ0n) is 16.4. The van der Waals surface area contributed by atoms with Crippen LogP contribution in [0, 0.1) is 6.92 Å². The van der Waals surface area contributed by atoms with Crippen LogP contribution >= 0.6 is 0 Å². The van der Waals surface area contributed by atoms with E-state index in [0.29, 0.717) is 37.3 Å². The first-order valence-electron chi connectivity index (χ1n) is 9.65. The van der Waals surface area contributed by atoms with Crippen molar-refractivity contribution in [3.8, 4) is 5.75 Å². The van der Waals surface area contributed by atoms with Crippen molar-refractivity contribution in [2.45, 2.75) is 19.3 Å². The molecule has 2 aromatic heterocycles. The van der Waals surface area contributed by atoms with Crippen molar-refractivity contribution < 1.29 is 23.5 Å². The zero-order valence-corrected chi connectivity index (χ0v) is 16.4. The van der Waals surface area contributed by atoms with Gasteiger partial charge in [0, 0.05) is 31.1 Å². The number of carbonyl (C=O) groups excluding carboxylic acids is 1. The number of carbonyl (C=O) groups is 1. The standard InChI is InChI=1S/C22H21NO7/c1-13-10-17(24)21(27)22(30-13)15(11-19(25)23-6-8-28-9-7-23)16-12-29-18-5-3-2-4-14(18)20(16)26/h2-5,10,12,15,27H,6-9,11H2,1H3/t15-/m0/s1. The number of nitrogens with zero attached hydrogens (tertiary/aromatic N) is 1. The van der Waals surface area contributed by atoms with Crippen molar-refractivity contribution >= 4 is 16.9 Å². The molecule has 1 fully saturated rings.